The first-order valence-electron chi connectivity index (χ1n) is 7.88. The lowest BCUT2D eigenvalue weighted by Gasteiger charge is -2.24. The molecule has 0 saturated carbocycles. The van der Waals surface area contributed by atoms with Crippen LogP contribution in [0.25, 0.3) is 0 Å². The second kappa shape index (κ2) is 7.93. The van der Waals surface area contributed by atoms with Gasteiger partial charge in [0.05, 0.1) is 17.3 Å². The van der Waals surface area contributed by atoms with Crippen LogP contribution in [-0.2, 0) is 14.3 Å². The van der Waals surface area contributed by atoms with Gasteiger partial charge in [-0.2, -0.15) is 0 Å². The Morgan fingerprint density at radius 1 is 1.50 bits per heavy atom. The molecule has 22 heavy (non-hydrogen) atoms. The molecule has 0 unspecified atom stereocenters. The number of esters is 1. The van der Waals surface area contributed by atoms with Crippen molar-refractivity contribution < 1.29 is 19.4 Å². The molecule has 0 spiro atoms. The predicted molar refractivity (Wildman–Crippen MR) is 91.1 cm³/mol. The summed E-state index contributed by atoms with van der Waals surface area (Å²) in [5, 5.41) is 9.94. The first-order valence-corrected chi connectivity index (χ1v) is 8.79. The minimum Gasteiger partial charge on any atom is -0.462 e. The summed E-state index contributed by atoms with van der Waals surface area (Å²) in [7, 11) is 0. The number of rotatable bonds is 9. The Kier molecular flexibility index (Phi) is 7.09. The molecule has 1 aliphatic heterocycles. The van der Waals surface area contributed by atoms with Crippen molar-refractivity contribution in [1.82, 2.24) is 0 Å². The summed E-state index contributed by atoms with van der Waals surface area (Å²) in [5.74, 6) is -0.252. The highest BCUT2D eigenvalue weighted by molar-refractivity contribution is 9.09. The molecule has 0 aromatic heterocycles. The Morgan fingerprint density at radius 2 is 2.14 bits per heavy atom. The van der Waals surface area contributed by atoms with Gasteiger partial charge < -0.3 is 14.6 Å². The van der Waals surface area contributed by atoms with Crippen molar-refractivity contribution in [3.63, 3.8) is 0 Å². The Balaban J connectivity index is 2.26. The van der Waals surface area contributed by atoms with Crippen LogP contribution in [-0.4, -0.2) is 39.8 Å². The fourth-order valence-corrected chi connectivity index (χ4v) is 2.63. The maximum absolute atomic E-state index is 10.7. The van der Waals surface area contributed by atoms with Crippen molar-refractivity contribution in [2.75, 3.05) is 6.61 Å². The number of carbonyl (C=O) groups excluding carboxylic acids is 1. The van der Waals surface area contributed by atoms with E-state index >= 15 is 0 Å². The minimum absolute atomic E-state index is 0.0621. The molecule has 1 N–H and O–H groups in total. The summed E-state index contributed by atoms with van der Waals surface area (Å²) in [4.78, 5) is 10.8. The van der Waals surface area contributed by atoms with Crippen molar-refractivity contribution >= 4 is 21.9 Å². The van der Waals surface area contributed by atoms with Gasteiger partial charge in [-0.05, 0) is 59.5 Å². The van der Waals surface area contributed by atoms with Gasteiger partial charge in [0, 0.05) is 11.8 Å². The number of hydrogen-bond donors (Lipinski definition) is 1. The van der Waals surface area contributed by atoms with E-state index in [4.69, 9.17) is 9.47 Å². The third-order valence-corrected chi connectivity index (χ3v) is 5.79. The molecule has 1 saturated heterocycles. The van der Waals surface area contributed by atoms with Crippen molar-refractivity contribution in [3.05, 3.63) is 11.6 Å². The van der Waals surface area contributed by atoms with Crippen molar-refractivity contribution in [2.45, 2.75) is 82.4 Å². The zero-order valence-electron chi connectivity index (χ0n) is 14.3. The highest BCUT2D eigenvalue weighted by Gasteiger charge is 2.51. The largest absolute Gasteiger partial charge is 0.462 e. The van der Waals surface area contributed by atoms with Crippen LogP contribution in [0.2, 0.25) is 0 Å². The first kappa shape index (κ1) is 19.7. The maximum Gasteiger partial charge on any atom is 0.302 e. The molecule has 0 aliphatic carbocycles. The highest BCUT2D eigenvalue weighted by Crippen LogP contribution is 2.44. The Hall–Kier alpha value is -0.390. The predicted octanol–water partition coefficient (Wildman–Crippen LogP) is 3.75. The van der Waals surface area contributed by atoms with E-state index in [1.165, 1.54) is 12.5 Å². The van der Waals surface area contributed by atoms with Gasteiger partial charge in [0.1, 0.15) is 6.61 Å². The summed E-state index contributed by atoms with van der Waals surface area (Å²) in [6.45, 7) is 9.58. The second-order valence-corrected chi connectivity index (χ2v) is 8.08. The van der Waals surface area contributed by atoms with Crippen LogP contribution in [0, 0.1) is 0 Å². The van der Waals surface area contributed by atoms with Crippen LogP contribution in [0.5, 0.6) is 0 Å². The number of carbonyl (C=O) groups is 1. The van der Waals surface area contributed by atoms with E-state index in [0.29, 0.717) is 6.61 Å². The van der Waals surface area contributed by atoms with Crippen LogP contribution < -0.4 is 0 Å². The van der Waals surface area contributed by atoms with Crippen LogP contribution >= 0.6 is 15.9 Å². The molecular formula is C17H29BrO4. The Bertz CT molecular complexity index is 413. The lowest BCUT2D eigenvalue weighted by Crippen LogP contribution is -2.32. The van der Waals surface area contributed by atoms with Gasteiger partial charge in [-0.25, -0.2) is 0 Å². The van der Waals surface area contributed by atoms with E-state index in [1.807, 2.05) is 26.8 Å². The van der Waals surface area contributed by atoms with Gasteiger partial charge in [-0.3, -0.25) is 4.79 Å². The average molecular weight is 377 g/mol. The van der Waals surface area contributed by atoms with Crippen LogP contribution in [0.4, 0.5) is 0 Å². The number of ether oxygens (including phenoxy) is 2. The van der Waals surface area contributed by atoms with Crippen LogP contribution in [0.1, 0.15) is 60.3 Å². The summed E-state index contributed by atoms with van der Waals surface area (Å²) >= 11 is 3.54. The molecule has 0 bridgehead atoms. The van der Waals surface area contributed by atoms with Crippen LogP contribution in [0.3, 0.4) is 0 Å². The number of allylic oxidation sites excluding steroid dienone is 1. The molecule has 0 aromatic carbocycles. The number of alkyl halides is 1. The molecule has 1 rings (SSSR count). The smallest absolute Gasteiger partial charge is 0.302 e. The van der Waals surface area contributed by atoms with E-state index in [2.05, 4.69) is 22.9 Å². The normalized spacial score (nSPS) is 26.7. The average Bonchev–Trinajstić information content (AvgIpc) is 3.03. The summed E-state index contributed by atoms with van der Waals surface area (Å²) in [5.41, 5.74) is 0.443. The number of hydrogen-bond acceptors (Lipinski definition) is 4. The van der Waals surface area contributed by atoms with Crippen molar-refractivity contribution in [1.29, 1.82) is 0 Å². The highest BCUT2D eigenvalue weighted by atomic mass is 79.9. The number of aliphatic hydroxyl groups is 1. The Labute approximate surface area is 142 Å². The van der Waals surface area contributed by atoms with Gasteiger partial charge in [-0.15, -0.1) is 0 Å². The van der Waals surface area contributed by atoms with E-state index in [1.54, 1.807) is 0 Å². The van der Waals surface area contributed by atoms with Gasteiger partial charge >= 0.3 is 5.97 Å². The molecule has 0 radical (unpaired) electrons. The fraction of sp³-hybridized carbons (Fsp3) is 0.824. The molecule has 3 atom stereocenters. The van der Waals surface area contributed by atoms with E-state index in [0.717, 1.165) is 25.7 Å². The minimum atomic E-state index is -0.712. The molecule has 0 aromatic rings. The van der Waals surface area contributed by atoms with Gasteiger partial charge in [-0.1, -0.05) is 21.5 Å². The summed E-state index contributed by atoms with van der Waals surface area (Å²) < 4.78 is 10.7. The molecule has 128 valence electrons. The summed E-state index contributed by atoms with van der Waals surface area (Å²) in [6, 6.07) is 0. The van der Waals surface area contributed by atoms with Crippen molar-refractivity contribution in [3.8, 4) is 0 Å². The molecule has 1 fully saturated rings. The Morgan fingerprint density at radius 3 is 2.68 bits per heavy atom. The van der Waals surface area contributed by atoms with Crippen LogP contribution in [0.15, 0.2) is 11.6 Å². The lowest BCUT2D eigenvalue weighted by molar-refractivity contribution is -0.139. The zero-order valence-corrected chi connectivity index (χ0v) is 15.9. The van der Waals surface area contributed by atoms with Gasteiger partial charge in [0.2, 0.25) is 0 Å². The van der Waals surface area contributed by atoms with E-state index < -0.39 is 5.60 Å². The number of halogens is 1. The zero-order chi connectivity index (χ0) is 17.0. The van der Waals surface area contributed by atoms with E-state index in [-0.39, 0.29) is 22.5 Å². The third-order valence-electron chi connectivity index (χ3n) is 4.22. The molecule has 1 heterocycles. The standard InChI is InChI=1S/C17H29BrO4/c1-12(9-11-21-13(2)19)6-7-15-17(5,22-15)10-8-14(18)16(3,4)20/h9,14-15,20H,6-8,10-11H2,1-5H3/b12-9+/t14-,15-,17-/m1/s1. The van der Waals surface area contributed by atoms with Gasteiger partial charge in [0.25, 0.3) is 0 Å². The lowest BCUT2D eigenvalue weighted by atomic mass is 9.93. The monoisotopic (exact) mass is 376 g/mol. The molecule has 0 amide bonds. The number of epoxide rings is 1. The molecular weight excluding hydrogens is 348 g/mol. The molecule has 5 heteroatoms. The quantitative estimate of drug-likeness (QED) is 0.288. The molecule has 1 aliphatic rings. The van der Waals surface area contributed by atoms with Gasteiger partial charge in [0.15, 0.2) is 0 Å². The summed E-state index contributed by atoms with van der Waals surface area (Å²) in [6.07, 6.45) is 5.99. The SMILES string of the molecule is CC(=O)OC/C=C(\C)CC[C@H]1O[C@]1(C)CC[C@@H](Br)C(C)(C)O. The molecule has 4 nitrogen and oxygen atoms in total. The fourth-order valence-electron chi connectivity index (χ4n) is 2.40. The van der Waals surface area contributed by atoms with Crippen molar-refractivity contribution in [2.24, 2.45) is 0 Å². The first-order chi connectivity index (χ1) is 10.0. The second-order valence-electron chi connectivity index (χ2n) is 6.97. The topological polar surface area (TPSA) is 59.1 Å². The van der Waals surface area contributed by atoms with E-state index in [9.17, 15) is 9.90 Å². The third kappa shape index (κ3) is 6.80. The maximum atomic E-state index is 10.7.